The Balaban J connectivity index is 1.98. The Kier molecular flexibility index (Phi) is 4.53. The molecule has 3 nitrogen and oxygen atoms in total. The number of phenolic OH excluding ortho intramolecular Hbond substituents is 1. The molecule has 0 spiro atoms. The topological polar surface area (TPSA) is 49.3 Å². The van der Waals surface area contributed by atoms with E-state index in [1.54, 1.807) is 12.1 Å². The summed E-state index contributed by atoms with van der Waals surface area (Å²) in [7, 11) is 0. The molecule has 1 atom stereocenters. The van der Waals surface area contributed by atoms with Crippen LogP contribution in [0.3, 0.4) is 0 Å². The zero-order valence-corrected chi connectivity index (χ0v) is 11.8. The minimum Gasteiger partial charge on any atom is -0.508 e. The molecule has 0 aliphatic rings. The van der Waals surface area contributed by atoms with Crippen LogP contribution in [0.4, 0.5) is 0 Å². The largest absolute Gasteiger partial charge is 0.508 e. The predicted octanol–water partition coefficient (Wildman–Crippen LogP) is 3.06. The van der Waals surface area contributed by atoms with E-state index in [4.69, 9.17) is 0 Å². The van der Waals surface area contributed by atoms with Crippen LogP contribution in [-0.4, -0.2) is 16.9 Å². The number of aryl methyl sites for hydroxylation is 1. The van der Waals surface area contributed by atoms with Gasteiger partial charge in [0, 0.05) is 12.1 Å². The zero-order valence-electron chi connectivity index (χ0n) is 11.8. The molecule has 2 aromatic carbocycles. The van der Waals surface area contributed by atoms with Gasteiger partial charge in [-0.2, -0.15) is 0 Å². The number of rotatable bonds is 5. The Morgan fingerprint density at radius 3 is 2.45 bits per heavy atom. The second kappa shape index (κ2) is 6.35. The molecule has 0 aromatic heterocycles. The molecule has 0 bridgehead atoms. The molecular weight excluding hydrogens is 250 g/mol. The molecule has 0 amide bonds. The molecule has 0 fully saturated rings. The number of hydrogen-bond donors (Lipinski definition) is 2. The van der Waals surface area contributed by atoms with E-state index in [0.717, 1.165) is 0 Å². The van der Waals surface area contributed by atoms with Gasteiger partial charge in [0.2, 0.25) is 0 Å². The van der Waals surface area contributed by atoms with Crippen LogP contribution in [0.5, 0.6) is 5.75 Å². The lowest BCUT2D eigenvalue weighted by molar-refractivity contribution is 0.0950. The molecule has 1 unspecified atom stereocenters. The smallest absolute Gasteiger partial charge is 0.179 e. The summed E-state index contributed by atoms with van der Waals surface area (Å²) in [5.41, 5.74) is 3.01. The van der Waals surface area contributed by atoms with Gasteiger partial charge >= 0.3 is 0 Å². The van der Waals surface area contributed by atoms with Crippen LogP contribution in [0.25, 0.3) is 0 Å². The number of benzene rings is 2. The summed E-state index contributed by atoms with van der Waals surface area (Å²) in [4.78, 5) is 12.2. The Morgan fingerprint density at radius 1 is 1.15 bits per heavy atom. The standard InChI is InChI=1S/C17H19NO2/c1-12-5-3-4-6-15(12)11-18-13(2)17(20)14-7-9-16(19)10-8-14/h3-10,13,18-19H,11H2,1-2H3. The first kappa shape index (κ1) is 14.3. The van der Waals surface area contributed by atoms with Gasteiger partial charge in [0.15, 0.2) is 5.78 Å². The highest BCUT2D eigenvalue weighted by atomic mass is 16.3. The molecule has 2 aromatic rings. The Morgan fingerprint density at radius 2 is 1.80 bits per heavy atom. The average Bonchev–Trinajstić information content (AvgIpc) is 2.46. The predicted molar refractivity (Wildman–Crippen MR) is 79.9 cm³/mol. The maximum atomic E-state index is 12.2. The van der Waals surface area contributed by atoms with Crippen molar-refractivity contribution in [2.75, 3.05) is 0 Å². The maximum absolute atomic E-state index is 12.2. The van der Waals surface area contributed by atoms with Crippen LogP contribution in [0.1, 0.15) is 28.4 Å². The molecule has 2 rings (SSSR count). The van der Waals surface area contributed by atoms with Gasteiger partial charge in [0.1, 0.15) is 5.75 Å². The van der Waals surface area contributed by atoms with Gasteiger partial charge in [-0.25, -0.2) is 0 Å². The molecule has 0 aliphatic carbocycles. The highest BCUT2D eigenvalue weighted by Gasteiger charge is 2.14. The monoisotopic (exact) mass is 269 g/mol. The number of aromatic hydroxyl groups is 1. The van der Waals surface area contributed by atoms with Crippen molar-refractivity contribution in [1.29, 1.82) is 0 Å². The molecule has 0 heterocycles. The first-order chi connectivity index (χ1) is 9.58. The second-order valence-corrected chi connectivity index (χ2v) is 4.94. The lowest BCUT2D eigenvalue weighted by Crippen LogP contribution is -2.33. The van der Waals surface area contributed by atoms with Gasteiger partial charge in [0.25, 0.3) is 0 Å². The summed E-state index contributed by atoms with van der Waals surface area (Å²) in [5.74, 6) is 0.195. The Labute approximate surface area is 119 Å². The first-order valence-electron chi connectivity index (χ1n) is 6.69. The third kappa shape index (κ3) is 3.45. The molecule has 3 heteroatoms. The average molecular weight is 269 g/mol. The van der Waals surface area contributed by atoms with E-state index < -0.39 is 0 Å². The molecule has 0 radical (unpaired) electrons. The van der Waals surface area contributed by atoms with Crippen molar-refractivity contribution < 1.29 is 9.90 Å². The van der Waals surface area contributed by atoms with Crippen molar-refractivity contribution in [3.8, 4) is 5.75 Å². The number of Topliss-reactive ketones (excluding diaryl/α,β-unsaturated/α-hetero) is 1. The van der Waals surface area contributed by atoms with Crippen LogP contribution < -0.4 is 5.32 Å². The van der Waals surface area contributed by atoms with Crippen LogP contribution in [0, 0.1) is 6.92 Å². The SMILES string of the molecule is Cc1ccccc1CNC(C)C(=O)c1ccc(O)cc1. The van der Waals surface area contributed by atoms with Crippen molar-refractivity contribution in [1.82, 2.24) is 5.32 Å². The minimum absolute atomic E-state index is 0.0265. The number of phenols is 1. The van der Waals surface area contributed by atoms with E-state index in [1.165, 1.54) is 23.3 Å². The van der Waals surface area contributed by atoms with E-state index in [1.807, 2.05) is 19.1 Å². The highest BCUT2D eigenvalue weighted by Crippen LogP contribution is 2.12. The maximum Gasteiger partial charge on any atom is 0.179 e. The van der Waals surface area contributed by atoms with Gasteiger partial charge in [-0.3, -0.25) is 4.79 Å². The Hall–Kier alpha value is -2.13. The number of carbonyl (C=O) groups excluding carboxylic acids is 1. The van der Waals surface area contributed by atoms with E-state index in [2.05, 4.69) is 24.4 Å². The number of carbonyl (C=O) groups is 1. The van der Waals surface area contributed by atoms with Crippen molar-refractivity contribution in [3.05, 3.63) is 65.2 Å². The van der Waals surface area contributed by atoms with Crippen LogP contribution >= 0.6 is 0 Å². The van der Waals surface area contributed by atoms with E-state index in [-0.39, 0.29) is 17.6 Å². The Bertz CT molecular complexity index is 590. The van der Waals surface area contributed by atoms with E-state index in [9.17, 15) is 9.90 Å². The van der Waals surface area contributed by atoms with Gasteiger partial charge in [-0.05, 0) is 49.2 Å². The lowest BCUT2D eigenvalue weighted by atomic mass is 10.0. The molecule has 0 saturated carbocycles. The van der Waals surface area contributed by atoms with Gasteiger partial charge < -0.3 is 10.4 Å². The lowest BCUT2D eigenvalue weighted by Gasteiger charge is -2.14. The van der Waals surface area contributed by atoms with Crippen molar-refractivity contribution in [2.24, 2.45) is 0 Å². The summed E-state index contributed by atoms with van der Waals surface area (Å²) in [6.07, 6.45) is 0. The molecular formula is C17H19NO2. The highest BCUT2D eigenvalue weighted by molar-refractivity contribution is 5.99. The van der Waals surface area contributed by atoms with E-state index in [0.29, 0.717) is 12.1 Å². The van der Waals surface area contributed by atoms with Crippen molar-refractivity contribution >= 4 is 5.78 Å². The quantitative estimate of drug-likeness (QED) is 0.820. The molecule has 0 aliphatic heterocycles. The van der Waals surface area contributed by atoms with Crippen molar-refractivity contribution in [3.63, 3.8) is 0 Å². The van der Waals surface area contributed by atoms with Gasteiger partial charge in [0.05, 0.1) is 6.04 Å². The first-order valence-corrected chi connectivity index (χ1v) is 6.69. The molecule has 104 valence electrons. The third-order valence-electron chi connectivity index (χ3n) is 3.41. The number of nitrogens with one attached hydrogen (secondary N) is 1. The molecule has 0 saturated heterocycles. The van der Waals surface area contributed by atoms with Gasteiger partial charge in [-0.1, -0.05) is 24.3 Å². The number of hydrogen-bond acceptors (Lipinski definition) is 3. The van der Waals surface area contributed by atoms with Crippen LogP contribution in [-0.2, 0) is 6.54 Å². The fraction of sp³-hybridized carbons (Fsp3) is 0.235. The fourth-order valence-corrected chi connectivity index (χ4v) is 2.04. The molecule has 20 heavy (non-hydrogen) atoms. The summed E-state index contributed by atoms with van der Waals surface area (Å²) >= 11 is 0. The van der Waals surface area contributed by atoms with E-state index >= 15 is 0 Å². The van der Waals surface area contributed by atoms with Crippen LogP contribution in [0.15, 0.2) is 48.5 Å². The third-order valence-corrected chi connectivity index (χ3v) is 3.41. The van der Waals surface area contributed by atoms with Crippen LogP contribution in [0.2, 0.25) is 0 Å². The summed E-state index contributed by atoms with van der Waals surface area (Å²) in [5, 5.41) is 12.5. The second-order valence-electron chi connectivity index (χ2n) is 4.94. The van der Waals surface area contributed by atoms with Gasteiger partial charge in [-0.15, -0.1) is 0 Å². The summed E-state index contributed by atoms with van der Waals surface area (Å²) in [6.45, 7) is 4.58. The summed E-state index contributed by atoms with van der Waals surface area (Å²) < 4.78 is 0. The zero-order chi connectivity index (χ0) is 14.5. The number of ketones is 1. The fourth-order valence-electron chi connectivity index (χ4n) is 2.04. The van der Waals surface area contributed by atoms with Crippen molar-refractivity contribution in [2.45, 2.75) is 26.4 Å². The molecule has 2 N–H and O–H groups in total. The normalized spacial score (nSPS) is 12.1. The summed E-state index contributed by atoms with van der Waals surface area (Å²) in [6, 6.07) is 14.2. The minimum atomic E-state index is -0.265.